The van der Waals surface area contributed by atoms with Crippen molar-refractivity contribution >= 4 is 28.6 Å². The number of hydrogen-bond donors (Lipinski definition) is 1. The van der Waals surface area contributed by atoms with Crippen molar-refractivity contribution < 1.29 is 18.3 Å². The van der Waals surface area contributed by atoms with Gasteiger partial charge in [0.05, 0.1) is 24.4 Å². The van der Waals surface area contributed by atoms with Gasteiger partial charge in [-0.05, 0) is 18.2 Å². The Balaban J connectivity index is 1.44. The molecule has 12 heteroatoms. The van der Waals surface area contributed by atoms with E-state index in [1.807, 2.05) is 24.3 Å². The molecule has 5 aromatic rings. The van der Waals surface area contributed by atoms with E-state index in [0.29, 0.717) is 33.5 Å². The Morgan fingerprint density at radius 1 is 1.18 bits per heavy atom. The molecule has 0 aliphatic rings. The summed E-state index contributed by atoms with van der Waals surface area (Å²) in [6.07, 6.45) is 0.427. The normalized spacial score (nSPS) is 11.3. The number of para-hydroxylation sites is 1. The number of aromatic nitrogens is 6. The van der Waals surface area contributed by atoms with Gasteiger partial charge in [-0.1, -0.05) is 12.1 Å². The van der Waals surface area contributed by atoms with E-state index in [4.69, 9.17) is 4.74 Å². The second-order valence-corrected chi connectivity index (χ2v) is 8.07. The van der Waals surface area contributed by atoms with Gasteiger partial charge in [0.25, 0.3) is 12.3 Å². The number of aryl methyl sites for hydroxylation is 1. The summed E-state index contributed by atoms with van der Waals surface area (Å²) in [5, 5.41) is 13.0. The van der Waals surface area contributed by atoms with Gasteiger partial charge < -0.3 is 10.1 Å². The van der Waals surface area contributed by atoms with Crippen LogP contribution < -0.4 is 10.1 Å². The lowest BCUT2D eigenvalue weighted by atomic mass is 10.2. The molecule has 5 rings (SSSR count). The summed E-state index contributed by atoms with van der Waals surface area (Å²) in [5.74, 6) is 0.666. The number of nitrogens with one attached hydrogen (secondary N) is 1. The Labute approximate surface area is 195 Å². The smallest absolute Gasteiger partial charge is 0.281 e. The first-order chi connectivity index (χ1) is 16.4. The molecule has 1 N–H and O–H groups in total. The number of methoxy groups -OCH3 is 1. The average Bonchev–Trinajstić information content (AvgIpc) is 3.56. The Hall–Kier alpha value is -4.19. The highest BCUT2D eigenvalue weighted by Gasteiger charge is 2.22. The number of carbonyl (C=O) groups is 1. The summed E-state index contributed by atoms with van der Waals surface area (Å²) in [6.45, 7) is 0. The molecule has 0 bridgehead atoms. The maximum Gasteiger partial charge on any atom is 0.281 e. The van der Waals surface area contributed by atoms with Gasteiger partial charge >= 0.3 is 0 Å². The van der Waals surface area contributed by atoms with E-state index in [1.54, 1.807) is 37.0 Å². The topological polar surface area (TPSA) is 99.2 Å². The zero-order valence-electron chi connectivity index (χ0n) is 17.9. The molecule has 4 heterocycles. The standard InChI is InChI=1S/C22H17F2N7O2S/c1-30-18(14(10-25-30)22-27-15(11-34-22)19(23)24)21(32)26-12-7-8-31-17(9-12)28-20(29-31)13-5-3-4-6-16(13)33-2/h3-11,19H,1-2H3,(H,26,32). The largest absolute Gasteiger partial charge is 0.496 e. The van der Waals surface area contributed by atoms with Crippen LogP contribution in [0.5, 0.6) is 5.75 Å². The number of pyridine rings is 1. The summed E-state index contributed by atoms with van der Waals surface area (Å²) in [7, 11) is 3.18. The summed E-state index contributed by atoms with van der Waals surface area (Å²) in [6, 6.07) is 10.8. The Bertz CT molecular complexity index is 1510. The van der Waals surface area contributed by atoms with E-state index in [9.17, 15) is 13.6 Å². The zero-order chi connectivity index (χ0) is 23.8. The maximum atomic E-state index is 13.1. The minimum absolute atomic E-state index is 0.200. The van der Waals surface area contributed by atoms with Crippen molar-refractivity contribution in [2.75, 3.05) is 12.4 Å². The van der Waals surface area contributed by atoms with E-state index in [2.05, 4.69) is 25.5 Å². The number of alkyl halides is 2. The number of fused-ring (bicyclic) bond motifs is 1. The molecule has 1 aromatic carbocycles. The zero-order valence-corrected chi connectivity index (χ0v) is 18.8. The second kappa shape index (κ2) is 8.63. The van der Waals surface area contributed by atoms with Gasteiger partial charge in [0.15, 0.2) is 11.5 Å². The highest BCUT2D eigenvalue weighted by molar-refractivity contribution is 7.13. The number of hydrogen-bond acceptors (Lipinski definition) is 7. The number of nitrogens with zero attached hydrogens (tertiary/aromatic N) is 6. The van der Waals surface area contributed by atoms with Crippen LogP contribution in [0.1, 0.15) is 22.6 Å². The van der Waals surface area contributed by atoms with Gasteiger partial charge in [0, 0.05) is 30.4 Å². The molecule has 0 saturated carbocycles. The molecule has 0 saturated heterocycles. The van der Waals surface area contributed by atoms with Crippen LogP contribution in [0.4, 0.5) is 14.5 Å². The molecule has 4 aromatic heterocycles. The maximum absolute atomic E-state index is 13.1. The molecule has 0 spiro atoms. The number of rotatable bonds is 6. The van der Waals surface area contributed by atoms with Crippen molar-refractivity contribution in [3.63, 3.8) is 0 Å². The third-order valence-electron chi connectivity index (χ3n) is 5.07. The first kappa shape index (κ1) is 21.6. The van der Waals surface area contributed by atoms with Gasteiger partial charge in [-0.2, -0.15) is 5.10 Å². The first-order valence-corrected chi connectivity index (χ1v) is 10.9. The average molecular weight is 481 g/mol. The SMILES string of the molecule is COc1ccccc1-c1nc2cc(NC(=O)c3c(-c4nc(C(F)F)cs4)cnn3C)ccn2n1. The fourth-order valence-electron chi connectivity index (χ4n) is 3.47. The van der Waals surface area contributed by atoms with Crippen molar-refractivity contribution in [3.05, 3.63) is 65.6 Å². The molecule has 0 radical (unpaired) electrons. The van der Waals surface area contributed by atoms with Gasteiger partial charge in [-0.15, -0.1) is 16.4 Å². The van der Waals surface area contributed by atoms with Crippen molar-refractivity contribution in [1.29, 1.82) is 0 Å². The Morgan fingerprint density at radius 3 is 2.76 bits per heavy atom. The number of amides is 1. The highest BCUT2D eigenvalue weighted by Crippen LogP contribution is 2.31. The molecule has 0 atom stereocenters. The fourth-order valence-corrected chi connectivity index (χ4v) is 4.29. The molecule has 0 aliphatic heterocycles. The van der Waals surface area contributed by atoms with Crippen molar-refractivity contribution in [1.82, 2.24) is 29.4 Å². The predicted octanol–water partition coefficient (Wildman–Crippen LogP) is 4.45. The van der Waals surface area contributed by atoms with Crippen LogP contribution >= 0.6 is 11.3 Å². The number of ether oxygens (including phenoxy) is 1. The number of anilines is 1. The lowest BCUT2D eigenvalue weighted by molar-refractivity contribution is 0.101. The van der Waals surface area contributed by atoms with Crippen LogP contribution in [0.3, 0.4) is 0 Å². The Morgan fingerprint density at radius 2 is 2.00 bits per heavy atom. The predicted molar refractivity (Wildman–Crippen MR) is 122 cm³/mol. The van der Waals surface area contributed by atoms with E-state index >= 15 is 0 Å². The third-order valence-corrected chi connectivity index (χ3v) is 5.97. The molecule has 1 amide bonds. The van der Waals surface area contributed by atoms with Crippen molar-refractivity contribution in [2.45, 2.75) is 6.43 Å². The van der Waals surface area contributed by atoms with E-state index in [0.717, 1.165) is 16.9 Å². The first-order valence-electron chi connectivity index (χ1n) is 10.0. The minimum Gasteiger partial charge on any atom is -0.496 e. The minimum atomic E-state index is -2.69. The summed E-state index contributed by atoms with van der Waals surface area (Å²) in [5.41, 5.74) is 1.98. The molecule has 34 heavy (non-hydrogen) atoms. The summed E-state index contributed by atoms with van der Waals surface area (Å²) in [4.78, 5) is 21.6. The molecule has 172 valence electrons. The van der Waals surface area contributed by atoms with Gasteiger partial charge in [-0.25, -0.2) is 23.3 Å². The number of benzene rings is 1. The van der Waals surface area contributed by atoms with Gasteiger partial charge in [0.2, 0.25) is 0 Å². The number of halogens is 2. The van der Waals surface area contributed by atoms with Crippen molar-refractivity contribution in [2.24, 2.45) is 7.05 Å². The van der Waals surface area contributed by atoms with Crippen LogP contribution in [-0.4, -0.2) is 42.4 Å². The molecule has 0 aliphatic carbocycles. The second-order valence-electron chi connectivity index (χ2n) is 7.22. The van der Waals surface area contributed by atoms with E-state index in [1.165, 1.54) is 16.3 Å². The molecule has 9 nitrogen and oxygen atoms in total. The van der Waals surface area contributed by atoms with Gasteiger partial charge in [0.1, 0.15) is 22.1 Å². The van der Waals surface area contributed by atoms with Crippen LogP contribution in [-0.2, 0) is 7.05 Å². The van der Waals surface area contributed by atoms with Crippen LogP contribution in [0.25, 0.3) is 27.6 Å². The van der Waals surface area contributed by atoms with E-state index < -0.39 is 12.3 Å². The third kappa shape index (κ3) is 3.88. The molecule has 0 fully saturated rings. The Kier molecular flexibility index (Phi) is 5.49. The lowest BCUT2D eigenvalue weighted by Gasteiger charge is -2.07. The van der Waals surface area contributed by atoms with Crippen molar-refractivity contribution in [3.8, 4) is 27.7 Å². The van der Waals surface area contributed by atoms with Crippen LogP contribution in [0, 0.1) is 0 Å². The summed E-state index contributed by atoms with van der Waals surface area (Å²) >= 11 is 1.03. The quantitative estimate of drug-likeness (QED) is 0.385. The van der Waals surface area contributed by atoms with E-state index in [-0.39, 0.29) is 11.4 Å². The van der Waals surface area contributed by atoms with Crippen LogP contribution in [0.2, 0.25) is 0 Å². The van der Waals surface area contributed by atoms with Crippen LogP contribution in [0.15, 0.2) is 54.2 Å². The number of thiazole rings is 1. The number of carbonyl (C=O) groups excluding carboxylic acids is 1. The lowest BCUT2D eigenvalue weighted by Crippen LogP contribution is -2.17. The summed E-state index contributed by atoms with van der Waals surface area (Å²) < 4.78 is 34.3. The highest BCUT2D eigenvalue weighted by atomic mass is 32.1. The molecule has 0 unspecified atom stereocenters. The molecular formula is C22H17F2N7O2S. The molecular weight excluding hydrogens is 464 g/mol. The monoisotopic (exact) mass is 481 g/mol. The fraction of sp³-hybridized carbons (Fsp3) is 0.136. The van der Waals surface area contributed by atoms with Gasteiger partial charge in [-0.3, -0.25) is 9.48 Å².